The number of benzene rings is 2. The number of carbonyl (C=O) groups is 1. The maximum Gasteiger partial charge on any atom is 0.294 e. The Labute approximate surface area is 186 Å². The minimum atomic E-state index is -0.673. The van der Waals surface area contributed by atoms with Crippen molar-refractivity contribution in [2.75, 3.05) is 20.0 Å². The van der Waals surface area contributed by atoms with Crippen molar-refractivity contribution in [2.45, 2.75) is 0 Å². The smallest absolute Gasteiger partial charge is 0.294 e. The van der Waals surface area contributed by atoms with Gasteiger partial charge in [-0.15, -0.1) is 5.10 Å². The molecule has 2 aromatic carbocycles. The van der Waals surface area contributed by atoms with Gasteiger partial charge in [0.2, 0.25) is 11.6 Å². The maximum absolute atomic E-state index is 12.9. The summed E-state index contributed by atoms with van der Waals surface area (Å²) in [5, 5.41) is 29.3. The van der Waals surface area contributed by atoms with Gasteiger partial charge in [0.25, 0.3) is 5.91 Å². The Morgan fingerprint density at radius 1 is 1.21 bits per heavy atom. The standard InChI is InChI=1S/C20H18N8O5/c1-31-13-7-3-5-11(9-13)16-15(23-27-28(16)19-18(21)25-33-26-19)20(30)24-22-10-12-6-4-8-14(32-2)17(12)29/h3-10,29H,1-2H3,(H2,21,25)(H,24,30)/b22-10-. The molecule has 0 fully saturated rings. The molecule has 33 heavy (non-hydrogen) atoms. The van der Waals surface area contributed by atoms with Crippen molar-refractivity contribution in [3.63, 3.8) is 0 Å². The van der Waals surface area contributed by atoms with Crippen LogP contribution in [0.3, 0.4) is 0 Å². The predicted molar refractivity (Wildman–Crippen MR) is 115 cm³/mol. The van der Waals surface area contributed by atoms with E-state index in [1.165, 1.54) is 25.1 Å². The van der Waals surface area contributed by atoms with Crippen molar-refractivity contribution in [3.05, 3.63) is 53.7 Å². The van der Waals surface area contributed by atoms with Crippen LogP contribution >= 0.6 is 0 Å². The second-order valence-corrected chi connectivity index (χ2v) is 6.50. The summed E-state index contributed by atoms with van der Waals surface area (Å²) in [6.45, 7) is 0. The molecule has 0 saturated heterocycles. The Hall–Kier alpha value is -4.94. The number of hydrogen-bond donors (Lipinski definition) is 3. The number of phenols is 1. The molecule has 13 nitrogen and oxygen atoms in total. The Morgan fingerprint density at radius 3 is 2.76 bits per heavy atom. The number of nitrogens with zero attached hydrogens (tertiary/aromatic N) is 6. The molecule has 1 amide bonds. The van der Waals surface area contributed by atoms with Crippen molar-refractivity contribution >= 4 is 17.9 Å². The Balaban J connectivity index is 1.69. The van der Waals surface area contributed by atoms with E-state index in [4.69, 9.17) is 15.2 Å². The van der Waals surface area contributed by atoms with Crippen LogP contribution in [0.25, 0.3) is 17.1 Å². The van der Waals surface area contributed by atoms with E-state index in [2.05, 4.69) is 35.8 Å². The molecule has 2 heterocycles. The molecule has 4 rings (SSSR count). The fourth-order valence-corrected chi connectivity index (χ4v) is 2.97. The van der Waals surface area contributed by atoms with E-state index < -0.39 is 5.91 Å². The number of hydrazone groups is 1. The summed E-state index contributed by atoms with van der Waals surface area (Å²) in [5.74, 6) is 0.0474. The van der Waals surface area contributed by atoms with Crippen molar-refractivity contribution in [2.24, 2.45) is 5.10 Å². The number of carbonyl (C=O) groups excluding carboxylic acids is 1. The molecule has 0 saturated carbocycles. The topological polar surface area (TPSA) is 176 Å². The second-order valence-electron chi connectivity index (χ2n) is 6.50. The van der Waals surface area contributed by atoms with Crippen molar-refractivity contribution in [3.8, 4) is 34.3 Å². The van der Waals surface area contributed by atoms with Gasteiger partial charge < -0.3 is 20.3 Å². The van der Waals surface area contributed by atoms with E-state index in [0.717, 1.165) is 0 Å². The maximum atomic E-state index is 12.9. The molecule has 0 aliphatic carbocycles. The number of phenolic OH excluding ortho intramolecular Hbond substituents is 1. The van der Waals surface area contributed by atoms with Gasteiger partial charge in [-0.25, -0.2) is 10.1 Å². The number of amides is 1. The van der Waals surface area contributed by atoms with Gasteiger partial charge in [-0.2, -0.15) is 9.78 Å². The molecule has 4 aromatic rings. The van der Waals surface area contributed by atoms with E-state index in [1.807, 2.05) is 0 Å². The van der Waals surface area contributed by atoms with Gasteiger partial charge in [0.05, 0.1) is 20.4 Å². The van der Waals surface area contributed by atoms with Crippen LogP contribution in [0, 0.1) is 0 Å². The summed E-state index contributed by atoms with van der Waals surface area (Å²) >= 11 is 0. The number of aromatic hydroxyl groups is 1. The highest BCUT2D eigenvalue weighted by Gasteiger charge is 2.25. The van der Waals surface area contributed by atoms with Crippen LogP contribution in [0.1, 0.15) is 16.1 Å². The quantitative estimate of drug-likeness (QED) is 0.275. The first-order valence-corrected chi connectivity index (χ1v) is 9.41. The second kappa shape index (κ2) is 9.05. The van der Waals surface area contributed by atoms with E-state index >= 15 is 0 Å². The summed E-state index contributed by atoms with van der Waals surface area (Å²) in [6.07, 6.45) is 1.27. The summed E-state index contributed by atoms with van der Waals surface area (Å²) in [6, 6.07) is 11.8. The van der Waals surface area contributed by atoms with E-state index in [0.29, 0.717) is 16.9 Å². The monoisotopic (exact) mass is 450 g/mol. The summed E-state index contributed by atoms with van der Waals surface area (Å²) < 4.78 is 16.2. The SMILES string of the molecule is COc1cccc(-c2c(C(=O)N/N=C\c3cccc(OC)c3O)nnn2-c2nonc2N)c1. The molecule has 13 heteroatoms. The third-order valence-corrected chi connectivity index (χ3v) is 4.54. The summed E-state index contributed by atoms with van der Waals surface area (Å²) in [7, 11) is 2.95. The summed E-state index contributed by atoms with van der Waals surface area (Å²) in [4.78, 5) is 12.9. The fourth-order valence-electron chi connectivity index (χ4n) is 2.97. The number of aromatic nitrogens is 5. The first kappa shape index (κ1) is 21.3. The molecule has 0 aliphatic heterocycles. The average Bonchev–Trinajstić information content (AvgIpc) is 3.46. The number of methoxy groups -OCH3 is 2. The average molecular weight is 450 g/mol. The Morgan fingerprint density at radius 2 is 2.03 bits per heavy atom. The highest BCUT2D eigenvalue weighted by atomic mass is 16.6. The lowest BCUT2D eigenvalue weighted by molar-refractivity contribution is 0.0950. The number of para-hydroxylation sites is 1. The minimum absolute atomic E-state index is 0.0393. The number of ether oxygens (including phenoxy) is 2. The lowest BCUT2D eigenvalue weighted by atomic mass is 10.1. The minimum Gasteiger partial charge on any atom is -0.504 e. The normalized spacial score (nSPS) is 11.0. The number of nitrogen functional groups attached to an aromatic ring is 1. The molecular formula is C20H18N8O5. The molecule has 0 spiro atoms. The van der Waals surface area contributed by atoms with Crippen LogP contribution in [-0.2, 0) is 0 Å². The molecule has 2 aromatic heterocycles. The number of rotatable bonds is 7. The Kier molecular flexibility index (Phi) is 5.84. The zero-order valence-corrected chi connectivity index (χ0v) is 17.5. The molecule has 0 unspecified atom stereocenters. The molecular weight excluding hydrogens is 432 g/mol. The third kappa shape index (κ3) is 4.14. The lowest BCUT2D eigenvalue weighted by Crippen LogP contribution is -2.19. The zero-order chi connectivity index (χ0) is 23.4. The molecule has 4 N–H and O–H groups in total. The van der Waals surface area contributed by atoms with Gasteiger partial charge in [-0.05, 0) is 34.6 Å². The highest BCUT2D eigenvalue weighted by molar-refractivity contribution is 5.99. The number of anilines is 1. The largest absolute Gasteiger partial charge is 0.504 e. The van der Waals surface area contributed by atoms with Crippen LogP contribution in [0.15, 0.2) is 52.2 Å². The van der Waals surface area contributed by atoms with Gasteiger partial charge in [-0.3, -0.25) is 4.79 Å². The first-order valence-electron chi connectivity index (χ1n) is 9.41. The first-order chi connectivity index (χ1) is 16.0. The number of nitrogens with two attached hydrogens (primary N) is 1. The van der Waals surface area contributed by atoms with Gasteiger partial charge in [-0.1, -0.05) is 23.4 Å². The van der Waals surface area contributed by atoms with Crippen LogP contribution in [-0.4, -0.2) is 56.8 Å². The Bertz CT molecular complexity index is 1330. The zero-order valence-electron chi connectivity index (χ0n) is 17.5. The van der Waals surface area contributed by atoms with E-state index in [-0.39, 0.29) is 34.5 Å². The van der Waals surface area contributed by atoms with Crippen LogP contribution in [0.5, 0.6) is 17.2 Å². The molecule has 168 valence electrons. The van der Waals surface area contributed by atoms with Gasteiger partial charge >= 0.3 is 0 Å². The van der Waals surface area contributed by atoms with Crippen LogP contribution < -0.4 is 20.6 Å². The summed E-state index contributed by atoms with van der Waals surface area (Å²) in [5.41, 5.74) is 9.24. The molecule has 0 atom stereocenters. The van der Waals surface area contributed by atoms with Crippen molar-refractivity contribution in [1.29, 1.82) is 0 Å². The molecule has 0 aliphatic rings. The highest BCUT2D eigenvalue weighted by Crippen LogP contribution is 2.29. The fraction of sp³-hybridized carbons (Fsp3) is 0.100. The third-order valence-electron chi connectivity index (χ3n) is 4.54. The number of hydrogen-bond acceptors (Lipinski definition) is 11. The van der Waals surface area contributed by atoms with Gasteiger partial charge in [0.1, 0.15) is 11.4 Å². The van der Waals surface area contributed by atoms with Gasteiger partial charge in [0.15, 0.2) is 17.2 Å². The van der Waals surface area contributed by atoms with Crippen molar-refractivity contribution < 1.29 is 24.0 Å². The lowest BCUT2D eigenvalue weighted by Gasteiger charge is -2.07. The van der Waals surface area contributed by atoms with Crippen molar-refractivity contribution in [1.82, 2.24) is 30.7 Å². The predicted octanol–water partition coefficient (Wildman–Crippen LogP) is 1.39. The van der Waals surface area contributed by atoms with Crippen LogP contribution in [0.4, 0.5) is 5.82 Å². The van der Waals surface area contributed by atoms with E-state index in [9.17, 15) is 9.90 Å². The number of nitrogens with one attached hydrogen (secondary N) is 1. The van der Waals surface area contributed by atoms with Crippen LogP contribution in [0.2, 0.25) is 0 Å². The molecule has 0 radical (unpaired) electrons. The van der Waals surface area contributed by atoms with Gasteiger partial charge in [0, 0.05) is 11.1 Å². The molecule has 0 bridgehead atoms. The van der Waals surface area contributed by atoms with E-state index in [1.54, 1.807) is 42.5 Å².